The minimum Gasteiger partial charge on any atom is -0.368 e. The fraction of sp³-hybridized carbons (Fsp3) is 0.143. The molecule has 0 saturated heterocycles. The molecule has 0 radical (unpaired) electrons. The van der Waals surface area contributed by atoms with Gasteiger partial charge in [0.1, 0.15) is 11.8 Å². The quantitative estimate of drug-likeness (QED) is 0.669. The Morgan fingerprint density at radius 2 is 1.69 bits per heavy atom. The van der Waals surface area contributed by atoms with Crippen molar-refractivity contribution < 1.29 is 9.59 Å². The first-order chi connectivity index (χ1) is 14.1. The molecule has 1 aliphatic heterocycles. The third-order valence-corrected chi connectivity index (χ3v) is 4.63. The number of nitrogens with two attached hydrogens (primary N) is 1. The van der Waals surface area contributed by atoms with Crippen molar-refractivity contribution in [1.82, 2.24) is 15.1 Å². The van der Waals surface area contributed by atoms with E-state index in [4.69, 9.17) is 5.73 Å². The van der Waals surface area contributed by atoms with Crippen LogP contribution in [0, 0.1) is 0 Å². The highest BCUT2D eigenvalue weighted by molar-refractivity contribution is 6.40. The summed E-state index contributed by atoms with van der Waals surface area (Å²) in [6, 6.07) is 18.2. The molecule has 3 aromatic rings. The van der Waals surface area contributed by atoms with Gasteiger partial charge in [-0.3, -0.25) is 14.6 Å². The molecule has 2 amide bonds. The molecule has 0 bridgehead atoms. The first-order valence-corrected chi connectivity index (χ1v) is 9.20. The highest BCUT2D eigenvalue weighted by Crippen LogP contribution is 2.24. The van der Waals surface area contributed by atoms with Crippen molar-refractivity contribution in [2.75, 3.05) is 5.01 Å². The number of amides is 2. The number of nitrogens with zero attached hydrogens (tertiary/aromatic N) is 4. The van der Waals surface area contributed by atoms with Crippen LogP contribution in [0.1, 0.15) is 12.0 Å². The molecule has 8 nitrogen and oxygen atoms in total. The van der Waals surface area contributed by atoms with Gasteiger partial charge in [0, 0.05) is 24.7 Å². The number of hydrazone groups is 1. The van der Waals surface area contributed by atoms with Crippen molar-refractivity contribution in [2.24, 2.45) is 10.8 Å². The molecule has 4 rings (SSSR count). The average Bonchev–Trinajstić information content (AvgIpc) is 3.41. The van der Waals surface area contributed by atoms with E-state index in [2.05, 4.69) is 15.5 Å². The predicted octanol–water partition coefficient (Wildman–Crippen LogP) is 1.61. The number of para-hydroxylation sites is 2. The van der Waals surface area contributed by atoms with Crippen LogP contribution in [-0.2, 0) is 16.1 Å². The molecule has 3 N–H and O–H groups in total. The summed E-state index contributed by atoms with van der Waals surface area (Å²) in [4.78, 5) is 24.4. The van der Waals surface area contributed by atoms with Crippen LogP contribution >= 0.6 is 0 Å². The Hall–Kier alpha value is -3.94. The molecule has 1 aliphatic rings. The zero-order valence-corrected chi connectivity index (χ0v) is 15.6. The Morgan fingerprint density at radius 3 is 2.34 bits per heavy atom. The average molecular weight is 388 g/mol. The summed E-state index contributed by atoms with van der Waals surface area (Å²) in [5.74, 6) is -0.855. The van der Waals surface area contributed by atoms with Crippen LogP contribution in [0.5, 0.6) is 0 Å². The molecule has 0 saturated carbocycles. The van der Waals surface area contributed by atoms with E-state index < -0.39 is 11.9 Å². The smallest absolute Gasteiger partial charge is 0.267 e. The molecule has 29 heavy (non-hydrogen) atoms. The Morgan fingerprint density at radius 1 is 1.03 bits per heavy atom. The van der Waals surface area contributed by atoms with Crippen LogP contribution in [0.3, 0.4) is 0 Å². The molecule has 2 aromatic carbocycles. The number of rotatable bonds is 6. The molecule has 2 heterocycles. The summed E-state index contributed by atoms with van der Waals surface area (Å²) in [6.45, 7) is 0.303. The number of aromatic nitrogens is 2. The fourth-order valence-corrected chi connectivity index (χ4v) is 3.15. The maximum atomic E-state index is 12.6. The molecule has 1 unspecified atom stereocenters. The Kier molecular flexibility index (Phi) is 5.07. The first-order valence-electron chi connectivity index (χ1n) is 9.20. The van der Waals surface area contributed by atoms with Crippen molar-refractivity contribution in [3.8, 4) is 5.69 Å². The Balaban J connectivity index is 1.43. The van der Waals surface area contributed by atoms with Crippen LogP contribution in [0.15, 0.2) is 78.2 Å². The number of anilines is 1. The lowest BCUT2D eigenvalue weighted by Gasteiger charge is -2.20. The second kappa shape index (κ2) is 7.97. The fourth-order valence-electron chi connectivity index (χ4n) is 3.15. The largest absolute Gasteiger partial charge is 0.368 e. The number of nitrogens with one attached hydrogen (secondary N) is 1. The molecular weight excluding hydrogens is 368 g/mol. The first kappa shape index (κ1) is 18.4. The molecule has 1 aromatic heterocycles. The van der Waals surface area contributed by atoms with Gasteiger partial charge in [0.15, 0.2) is 0 Å². The van der Waals surface area contributed by atoms with Gasteiger partial charge < -0.3 is 11.1 Å². The SMILES string of the molecule is NC(=O)C1CC(C(=O)NCc2cnn(-c3ccccc3)c2)=NN1c1ccccc1. The second-order valence-corrected chi connectivity index (χ2v) is 6.66. The molecule has 8 heteroatoms. The van der Waals surface area contributed by atoms with Crippen LogP contribution in [0.25, 0.3) is 5.69 Å². The summed E-state index contributed by atoms with van der Waals surface area (Å²) in [7, 11) is 0. The second-order valence-electron chi connectivity index (χ2n) is 6.66. The van der Waals surface area contributed by atoms with Gasteiger partial charge in [0.25, 0.3) is 5.91 Å². The third-order valence-electron chi connectivity index (χ3n) is 4.63. The summed E-state index contributed by atoms with van der Waals surface area (Å²) in [5.41, 5.74) is 8.29. The van der Waals surface area contributed by atoms with Gasteiger partial charge in [-0.05, 0) is 24.3 Å². The van der Waals surface area contributed by atoms with E-state index in [0.717, 1.165) is 11.3 Å². The maximum Gasteiger partial charge on any atom is 0.267 e. The number of primary amides is 1. The Labute approximate surface area is 167 Å². The van der Waals surface area contributed by atoms with E-state index in [0.29, 0.717) is 12.2 Å². The summed E-state index contributed by atoms with van der Waals surface area (Å²) in [5, 5.41) is 13.0. The van der Waals surface area contributed by atoms with E-state index in [-0.39, 0.29) is 18.0 Å². The standard InChI is InChI=1S/C21H20N6O2/c22-20(28)19-11-18(25-27(19)17-9-5-2-6-10-17)21(29)23-12-15-13-24-26(14-15)16-7-3-1-4-8-16/h1-10,13-14,19H,11-12H2,(H2,22,28)(H,23,29). The van der Waals surface area contributed by atoms with Crippen LogP contribution < -0.4 is 16.1 Å². The highest BCUT2D eigenvalue weighted by atomic mass is 16.2. The molecular formula is C21H20N6O2. The van der Waals surface area contributed by atoms with Gasteiger partial charge in [0.2, 0.25) is 5.91 Å². The van der Waals surface area contributed by atoms with Gasteiger partial charge >= 0.3 is 0 Å². The van der Waals surface area contributed by atoms with Crippen molar-refractivity contribution in [3.05, 3.63) is 78.6 Å². The lowest BCUT2D eigenvalue weighted by Crippen LogP contribution is -2.39. The normalized spacial score (nSPS) is 15.8. The molecule has 0 aliphatic carbocycles. The predicted molar refractivity (Wildman–Crippen MR) is 109 cm³/mol. The van der Waals surface area contributed by atoms with Crippen molar-refractivity contribution in [1.29, 1.82) is 0 Å². The van der Waals surface area contributed by atoms with Gasteiger partial charge in [-0.1, -0.05) is 36.4 Å². The summed E-state index contributed by atoms with van der Waals surface area (Å²) >= 11 is 0. The lowest BCUT2D eigenvalue weighted by molar-refractivity contribution is -0.119. The minimum atomic E-state index is -0.681. The minimum absolute atomic E-state index is 0.166. The third kappa shape index (κ3) is 4.01. The lowest BCUT2D eigenvalue weighted by atomic mass is 10.1. The van der Waals surface area contributed by atoms with Crippen LogP contribution in [-0.4, -0.2) is 33.3 Å². The monoisotopic (exact) mass is 388 g/mol. The van der Waals surface area contributed by atoms with E-state index in [1.165, 1.54) is 5.01 Å². The molecule has 0 fully saturated rings. The highest BCUT2D eigenvalue weighted by Gasteiger charge is 2.34. The molecule has 0 spiro atoms. The van der Waals surface area contributed by atoms with Crippen molar-refractivity contribution in [2.45, 2.75) is 19.0 Å². The summed E-state index contributed by atoms with van der Waals surface area (Å²) < 4.78 is 1.74. The van der Waals surface area contributed by atoms with Gasteiger partial charge in [-0.15, -0.1) is 0 Å². The van der Waals surface area contributed by atoms with E-state index in [1.54, 1.807) is 10.9 Å². The van der Waals surface area contributed by atoms with Gasteiger partial charge in [-0.25, -0.2) is 4.68 Å². The summed E-state index contributed by atoms with van der Waals surface area (Å²) in [6.07, 6.45) is 3.72. The molecule has 1 atom stereocenters. The van der Waals surface area contributed by atoms with E-state index in [9.17, 15) is 9.59 Å². The van der Waals surface area contributed by atoms with E-state index >= 15 is 0 Å². The van der Waals surface area contributed by atoms with Gasteiger partial charge in [-0.2, -0.15) is 10.2 Å². The zero-order valence-electron chi connectivity index (χ0n) is 15.6. The van der Waals surface area contributed by atoms with Crippen molar-refractivity contribution in [3.63, 3.8) is 0 Å². The maximum absolute atomic E-state index is 12.6. The number of hydrogen-bond acceptors (Lipinski definition) is 5. The number of carbonyl (C=O) groups excluding carboxylic acids is 2. The molecule has 146 valence electrons. The van der Waals surface area contributed by atoms with E-state index in [1.807, 2.05) is 66.9 Å². The number of benzene rings is 2. The van der Waals surface area contributed by atoms with Crippen LogP contribution in [0.4, 0.5) is 5.69 Å². The zero-order chi connectivity index (χ0) is 20.2. The Bertz CT molecular complexity index is 1050. The van der Waals surface area contributed by atoms with Gasteiger partial charge in [0.05, 0.1) is 17.6 Å². The number of carbonyl (C=O) groups is 2. The topological polar surface area (TPSA) is 106 Å². The van der Waals surface area contributed by atoms with Crippen molar-refractivity contribution >= 4 is 23.2 Å². The number of hydrogen-bond donors (Lipinski definition) is 2. The van der Waals surface area contributed by atoms with Crippen LogP contribution in [0.2, 0.25) is 0 Å².